The van der Waals surface area contributed by atoms with E-state index >= 15 is 0 Å². The van der Waals surface area contributed by atoms with Crippen LogP contribution in [0.3, 0.4) is 0 Å². The molecule has 1 heterocycles. The summed E-state index contributed by atoms with van der Waals surface area (Å²) in [6.45, 7) is 0.631. The number of nitrogens with one attached hydrogen (secondary N) is 1. The lowest BCUT2D eigenvalue weighted by Crippen LogP contribution is -2.00. The van der Waals surface area contributed by atoms with E-state index in [-0.39, 0.29) is 5.82 Å². The Kier molecular flexibility index (Phi) is 2.88. The lowest BCUT2D eigenvalue weighted by atomic mass is 10.3. The van der Waals surface area contributed by atoms with Gasteiger partial charge >= 0.3 is 0 Å². The predicted octanol–water partition coefficient (Wildman–Crippen LogP) is 2.23. The monoisotopic (exact) mass is 203 g/mol. The standard InChI is InChI=1S/C11H10FN3/c12-10-1-3-11(4-2-10)15-7-9-5-13-8-14-6-9/h1-6,8,15H,7H2. The number of rotatable bonds is 3. The van der Waals surface area contributed by atoms with Gasteiger partial charge in [0.15, 0.2) is 0 Å². The summed E-state index contributed by atoms with van der Waals surface area (Å²) in [7, 11) is 0. The van der Waals surface area contributed by atoms with Crippen LogP contribution in [0, 0.1) is 5.82 Å². The average Bonchev–Trinajstić information content (AvgIpc) is 2.30. The molecule has 0 aliphatic heterocycles. The van der Waals surface area contributed by atoms with Gasteiger partial charge in [-0.05, 0) is 24.3 Å². The fourth-order valence-electron chi connectivity index (χ4n) is 1.19. The van der Waals surface area contributed by atoms with Crippen LogP contribution in [0.15, 0.2) is 43.0 Å². The molecule has 1 aromatic heterocycles. The highest BCUT2D eigenvalue weighted by atomic mass is 19.1. The number of hydrogen-bond donors (Lipinski definition) is 1. The molecule has 15 heavy (non-hydrogen) atoms. The van der Waals surface area contributed by atoms with Crippen LogP contribution < -0.4 is 5.32 Å². The van der Waals surface area contributed by atoms with Gasteiger partial charge in [-0.25, -0.2) is 14.4 Å². The summed E-state index contributed by atoms with van der Waals surface area (Å²) in [5, 5.41) is 3.14. The number of anilines is 1. The molecular formula is C11H10FN3. The molecule has 0 fully saturated rings. The van der Waals surface area contributed by atoms with Gasteiger partial charge in [0.25, 0.3) is 0 Å². The maximum absolute atomic E-state index is 12.6. The largest absolute Gasteiger partial charge is 0.381 e. The summed E-state index contributed by atoms with van der Waals surface area (Å²) >= 11 is 0. The molecule has 0 bridgehead atoms. The normalized spacial score (nSPS) is 9.93. The first-order valence-corrected chi connectivity index (χ1v) is 4.58. The molecule has 3 nitrogen and oxygen atoms in total. The Bertz CT molecular complexity index is 414. The highest BCUT2D eigenvalue weighted by Crippen LogP contribution is 2.09. The zero-order valence-corrected chi connectivity index (χ0v) is 8.02. The fourth-order valence-corrected chi connectivity index (χ4v) is 1.19. The van der Waals surface area contributed by atoms with E-state index in [4.69, 9.17) is 0 Å². The van der Waals surface area contributed by atoms with Crippen molar-refractivity contribution in [3.8, 4) is 0 Å². The Morgan fingerprint density at radius 3 is 2.40 bits per heavy atom. The van der Waals surface area contributed by atoms with Crippen molar-refractivity contribution in [1.82, 2.24) is 9.97 Å². The number of hydrogen-bond acceptors (Lipinski definition) is 3. The summed E-state index contributed by atoms with van der Waals surface area (Å²) in [5.74, 6) is -0.233. The molecule has 0 unspecified atom stereocenters. The first-order chi connectivity index (χ1) is 7.34. The van der Waals surface area contributed by atoms with Gasteiger partial charge in [0.2, 0.25) is 0 Å². The molecule has 0 saturated carbocycles. The van der Waals surface area contributed by atoms with Crippen molar-refractivity contribution >= 4 is 5.69 Å². The third-order valence-corrected chi connectivity index (χ3v) is 1.95. The first-order valence-electron chi connectivity index (χ1n) is 4.58. The third kappa shape index (κ3) is 2.74. The Hall–Kier alpha value is -1.97. The zero-order chi connectivity index (χ0) is 10.5. The van der Waals surface area contributed by atoms with Gasteiger partial charge in [-0.15, -0.1) is 0 Å². The van der Waals surface area contributed by atoms with Gasteiger partial charge in [0, 0.05) is 30.2 Å². The summed E-state index contributed by atoms with van der Waals surface area (Å²) in [6.07, 6.45) is 4.97. The van der Waals surface area contributed by atoms with E-state index in [2.05, 4.69) is 15.3 Å². The van der Waals surface area contributed by atoms with Crippen molar-refractivity contribution in [2.75, 3.05) is 5.32 Å². The van der Waals surface area contributed by atoms with Crippen molar-refractivity contribution in [1.29, 1.82) is 0 Å². The maximum atomic E-state index is 12.6. The average molecular weight is 203 g/mol. The van der Waals surface area contributed by atoms with E-state index in [1.807, 2.05) is 0 Å². The van der Waals surface area contributed by atoms with E-state index in [0.29, 0.717) is 6.54 Å². The molecule has 0 aliphatic carbocycles. The molecule has 0 saturated heterocycles. The minimum Gasteiger partial charge on any atom is -0.381 e. The Morgan fingerprint density at radius 1 is 1.07 bits per heavy atom. The predicted molar refractivity (Wildman–Crippen MR) is 55.8 cm³/mol. The van der Waals surface area contributed by atoms with Gasteiger partial charge in [-0.2, -0.15) is 0 Å². The second-order valence-electron chi connectivity index (χ2n) is 3.11. The van der Waals surface area contributed by atoms with Crippen LogP contribution in [0.5, 0.6) is 0 Å². The Balaban J connectivity index is 1.96. The van der Waals surface area contributed by atoms with Crippen molar-refractivity contribution in [2.45, 2.75) is 6.54 Å². The van der Waals surface area contributed by atoms with Gasteiger partial charge in [0.05, 0.1) is 0 Å². The molecule has 1 aromatic carbocycles. The zero-order valence-electron chi connectivity index (χ0n) is 8.02. The molecule has 0 aliphatic rings. The Labute approximate surface area is 87.0 Å². The van der Waals surface area contributed by atoms with Crippen LogP contribution in [-0.2, 0) is 6.54 Å². The van der Waals surface area contributed by atoms with Crippen LogP contribution in [0.25, 0.3) is 0 Å². The van der Waals surface area contributed by atoms with Gasteiger partial charge in [0.1, 0.15) is 12.1 Å². The summed E-state index contributed by atoms with van der Waals surface area (Å²) < 4.78 is 12.6. The molecule has 4 heteroatoms. The van der Waals surface area contributed by atoms with E-state index in [1.165, 1.54) is 18.5 Å². The van der Waals surface area contributed by atoms with Crippen molar-refractivity contribution < 1.29 is 4.39 Å². The number of benzene rings is 1. The highest BCUT2D eigenvalue weighted by molar-refractivity contribution is 5.43. The second-order valence-corrected chi connectivity index (χ2v) is 3.11. The van der Waals surface area contributed by atoms with Crippen LogP contribution in [0.4, 0.5) is 10.1 Å². The topological polar surface area (TPSA) is 37.8 Å². The fraction of sp³-hybridized carbons (Fsp3) is 0.0909. The molecular weight excluding hydrogens is 193 g/mol. The maximum Gasteiger partial charge on any atom is 0.123 e. The van der Waals surface area contributed by atoms with E-state index < -0.39 is 0 Å². The quantitative estimate of drug-likeness (QED) is 0.831. The van der Waals surface area contributed by atoms with Crippen molar-refractivity contribution in [2.24, 2.45) is 0 Å². The Morgan fingerprint density at radius 2 is 1.73 bits per heavy atom. The first kappa shape index (κ1) is 9.58. The molecule has 1 N–H and O–H groups in total. The van der Waals surface area contributed by atoms with E-state index in [1.54, 1.807) is 24.5 Å². The summed E-state index contributed by atoms with van der Waals surface area (Å²) in [4.78, 5) is 7.80. The van der Waals surface area contributed by atoms with Crippen molar-refractivity contribution in [3.63, 3.8) is 0 Å². The SMILES string of the molecule is Fc1ccc(NCc2cncnc2)cc1. The lowest BCUT2D eigenvalue weighted by Gasteiger charge is -2.05. The van der Waals surface area contributed by atoms with Crippen LogP contribution in [0.2, 0.25) is 0 Å². The summed E-state index contributed by atoms with van der Waals surface area (Å²) in [5.41, 5.74) is 1.86. The molecule has 0 amide bonds. The molecule has 0 atom stereocenters. The molecule has 0 spiro atoms. The van der Waals surface area contributed by atoms with E-state index in [0.717, 1.165) is 11.3 Å². The van der Waals surface area contributed by atoms with E-state index in [9.17, 15) is 4.39 Å². The minimum atomic E-state index is -0.233. The smallest absolute Gasteiger partial charge is 0.123 e. The highest BCUT2D eigenvalue weighted by Gasteiger charge is 1.94. The second kappa shape index (κ2) is 4.50. The molecule has 76 valence electrons. The third-order valence-electron chi connectivity index (χ3n) is 1.95. The number of nitrogens with zero attached hydrogens (tertiary/aromatic N) is 2. The summed E-state index contributed by atoms with van der Waals surface area (Å²) in [6, 6.07) is 6.23. The van der Waals surface area contributed by atoms with Gasteiger partial charge in [-0.3, -0.25) is 0 Å². The minimum absolute atomic E-state index is 0.233. The van der Waals surface area contributed by atoms with Crippen LogP contribution in [-0.4, -0.2) is 9.97 Å². The molecule has 2 rings (SSSR count). The molecule has 2 aromatic rings. The van der Waals surface area contributed by atoms with Crippen molar-refractivity contribution in [3.05, 3.63) is 54.4 Å². The number of aromatic nitrogens is 2. The molecule has 0 radical (unpaired) electrons. The number of halogens is 1. The van der Waals surface area contributed by atoms with Crippen LogP contribution >= 0.6 is 0 Å². The van der Waals surface area contributed by atoms with Gasteiger partial charge < -0.3 is 5.32 Å². The van der Waals surface area contributed by atoms with Crippen LogP contribution in [0.1, 0.15) is 5.56 Å². The van der Waals surface area contributed by atoms with Gasteiger partial charge in [-0.1, -0.05) is 0 Å². The lowest BCUT2D eigenvalue weighted by molar-refractivity contribution is 0.628.